The molecule has 0 N–H and O–H groups in total. The van der Waals surface area contributed by atoms with Crippen LogP contribution < -0.4 is 4.90 Å². The summed E-state index contributed by atoms with van der Waals surface area (Å²) in [6.45, 7) is 5.22. The van der Waals surface area contributed by atoms with Crippen molar-refractivity contribution in [3.05, 3.63) is 52.6 Å². The zero-order chi connectivity index (χ0) is 25.1. The Morgan fingerprint density at radius 3 is 2.37 bits per heavy atom. The van der Waals surface area contributed by atoms with Crippen molar-refractivity contribution >= 4 is 23.2 Å². The molecule has 0 spiro atoms. The van der Waals surface area contributed by atoms with Gasteiger partial charge in [-0.3, -0.25) is 14.4 Å². The van der Waals surface area contributed by atoms with Gasteiger partial charge in [-0.15, -0.1) is 0 Å². The molecule has 4 aliphatic rings. The second-order valence-corrected chi connectivity index (χ2v) is 11.5. The number of Topliss-reactive ketones (excluding diaryl/α,β-unsaturated/α-hetero) is 1. The summed E-state index contributed by atoms with van der Waals surface area (Å²) in [6, 6.07) is 8.76. The van der Waals surface area contributed by atoms with E-state index in [1.807, 2.05) is 20.2 Å². The lowest BCUT2D eigenvalue weighted by atomic mass is 9.50. The number of nitrogens with zero attached hydrogens (tertiary/aromatic N) is 1. The second-order valence-electron chi connectivity index (χ2n) is 11.5. The van der Waals surface area contributed by atoms with E-state index in [0.717, 1.165) is 37.8 Å². The number of carbonyl (C=O) groups is 3. The molecular formula is C30H37NO4. The first-order valence-electron chi connectivity index (χ1n) is 13.0. The van der Waals surface area contributed by atoms with Gasteiger partial charge in [0.05, 0.1) is 0 Å². The molecule has 5 heteroatoms. The third-order valence-electron chi connectivity index (χ3n) is 9.55. The lowest BCUT2D eigenvalue weighted by Gasteiger charge is -2.55. The highest BCUT2D eigenvalue weighted by Gasteiger charge is 2.67. The van der Waals surface area contributed by atoms with E-state index in [1.165, 1.54) is 29.2 Å². The predicted octanol–water partition coefficient (Wildman–Crippen LogP) is 5.54. The Hall–Kier alpha value is -2.69. The van der Waals surface area contributed by atoms with E-state index in [0.29, 0.717) is 18.8 Å². The van der Waals surface area contributed by atoms with Crippen molar-refractivity contribution in [2.75, 3.05) is 19.0 Å². The highest BCUT2D eigenvalue weighted by Crippen LogP contribution is 2.67. The van der Waals surface area contributed by atoms with E-state index in [9.17, 15) is 14.4 Å². The fraction of sp³-hybridized carbons (Fsp3) is 0.567. The molecular weight excluding hydrogens is 438 g/mol. The van der Waals surface area contributed by atoms with E-state index < -0.39 is 11.0 Å². The van der Waals surface area contributed by atoms with Crippen molar-refractivity contribution in [3.8, 4) is 0 Å². The number of ketones is 2. The van der Waals surface area contributed by atoms with Crippen LogP contribution in [0.4, 0.5) is 5.69 Å². The molecule has 5 nitrogen and oxygen atoms in total. The maximum absolute atomic E-state index is 13.2. The summed E-state index contributed by atoms with van der Waals surface area (Å²) >= 11 is 0. The number of benzene rings is 1. The van der Waals surface area contributed by atoms with Crippen molar-refractivity contribution < 1.29 is 19.1 Å². The van der Waals surface area contributed by atoms with Crippen molar-refractivity contribution in [1.29, 1.82) is 0 Å². The Kier molecular flexibility index (Phi) is 5.81. The molecule has 0 unspecified atom stereocenters. The fourth-order valence-electron chi connectivity index (χ4n) is 8.02. The van der Waals surface area contributed by atoms with Gasteiger partial charge in [0, 0.05) is 44.5 Å². The first-order valence-corrected chi connectivity index (χ1v) is 13.0. The van der Waals surface area contributed by atoms with Crippen LogP contribution in [0.25, 0.3) is 0 Å². The maximum Gasteiger partial charge on any atom is 0.303 e. The number of ether oxygens (including phenoxy) is 1. The maximum atomic E-state index is 13.2. The molecule has 186 valence electrons. The summed E-state index contributed by atoms with van der Waals surface area (Å²) in [4.78, 5) is 39.8. The number of hydrogen-bond donors (Lipinski definition) is 0. The molecule has 2 saturated carbocycles. The van der Waals surface area contributed by atoms with Gasteiger partial charge in [0.1, 0.15) is 0 Å². The minimum Gasteiger partial charge on any atom is -0.451 e. The van der Waals surface area contributed by atoms with Crippen LogP contribution in [0, 0.1) is 17.3 Å². The molecule has 0 radical (unpaired) electrons. The van der Waals surface area contributed by atoms with Crippen LogP contribution in [0.2, 0.25) is 0 Å². The molecule has 4 aliphatic carbocycles. The Morgan fingerprint density at radius 2 is 1.74 bits per heavy atom. The zero-order valence-corrected chi connectivity index (χ0v) is 21.6. The Labute approximate surface area is 208 Å². The van der Waals surface area contributed by atoms with Gasteiger partial charge in [-0.1, -0.05) is 24.6 Å². The normalized spacial score (nSPS) is 33.9. The zero-order valence-electron chi connectivity index (χ0n) is 21.6. The molecule has 2 fully saturated rings. The molecule has 0 heterocycles. The minimum atomic E-state index is -1.07. The monoisotopic (exact) mass is 475 g/mol. The lowest BCUT2D eigenvalue weighted by molar-refractivity contribution is -0.182. The van der Waals surface area contributed by atoms with Gasteiger partial charge < -0.3 is 9.64 Å². The molecule has 0 amide bonds. The molecule has 0 aromatic heterocycles. The predicted molar refractivity (Wildman–Crippen MR) is 136 cm³/mol. The van der Waals surface area contributed by atoms with E-state index in [1.54, 1.807) is 6.92 Å². The highest BCUT2D eigenvalue weighted by atomic mass is 16.6. The average Bonchev–Trinajstić information content (AvgIpc) is 3.10. The molecule has 0 saturated heterocycles. The summed E-state index contributed by atoms with van der Waals surface area (Å²) in [5.41, 5.74) is 4.98. The first kappa shape index (κ1) is 24.0. The third-order valence-corrected chi connectivity index (χ3v) is 9.55. The molecule has 5 atom stereocenters. The third kappa shape index (κ3) is 3.61. The molecule has 1 aromatic carbocycles. The summed E-state index contributed by atoms with van der Waals surface area (Å²) in [7, 11) is 4.08. The SMILES string of the molecule is CC(=O)O[C@]1(C(C)=O)CC[C@@H]2[C@@H]3CCC4=CC(=O)CCC4=C3[C@@H](c3ccc(N(C)C)cc3)C[C@]21C. The Morgan fingerprint density at radius 1 is 1.03 bits per heavy atom. The first-order chi connectivity index (χ1) is 16.6. The number of rotatable bonds is 4. The molecule has 0 bridgehead atoms. The standard InChI is InChI=1S/C30H37NO4/c1-18(32)30(35-19(2)33)15-14-27-25-12-8-21-16-23(34)11-13-24(21)28(25)26(17-29(27,30)3)20-6-9-22(10-7-20)31(4)5/h6-7,9-10,16,25-27H,8,11-15,17H2,1-5H3/t25-,26+,27+,29+,30-/m0/s1. The molecule has 1 aromatic rings. The van der Waals surface area contributed by atoms with Crippen molar-refractivity contribution in [3.63, 3.8) is 0 Å². The van der Waals surface area contributed by atoms with Gasteiger partial charge in [-0.2, -0.15) is 0 Å². The van der Waals surface area contributed by atoms with E-state index in [4.69, 9.17) is 4.74 Å². The summed E-state index contributed by atoms with van der Waals surface area (Å²) in [5.74, 6) is 0.584. The van der Waals surface area contributed by atoms with E-state index >= 15 is 0 Å². The summed E-state index contributed by atoms with van der Waals surface area (Å²) in [6.07, 6.45) is 7.41. The van der Waals surface area contributed by atoms with Crippen molar-refractivity contribution in [2.45, 2.75) is 77.2 Å². The highest BCUT2D eigenvalue weighted by molar-refractivity contribution is 5.93. The van der Waals surface area contributed by atoms with Crippen LogP contribution in [0.3, 0.4) is 0 Å². The number of allylic oxidation sites excluding steroid dienone is 4. The van der Waals surface area contributed by atoms with E-state index in [-0.39, 0.29) is 29.4 Å². The van der Waals surface area contributed by atoms with Crippen LogP contribution in [0.1, 0.15) is 77.2 Å². The smallest absolute Gasteiger partial charge is 0.303 e. The van der Waals surface area contributed by atoms with Gasteiger partial charge in [-0.25, -0.2) is 0 Å². The van der Waals surface area contributed by atoms with Gasteiger partial charge in [-0.05, 0) is 92.2 Å². The van der Waals surface area contributed by atoms with Gasteiger partial charge in [0.2, 0.25) is 0 Å². The Balaban J connectivity index is 1.68. The van der Waals surface area contributed by atoms with Crippen LogP contribution in [0.15, 0.2) is 47.1 Å². The van der Waals surface area contributed by atoms with Gasteiger partial charge in [0.25, 0.3) is 0 Å². The lowest BCUT2D eigenvalue weighted by Crippen LogP contribution is -2.57. The van der Waals surface area contributed by atoms with Crippen molar-refractivity contribution in [1.82, 2.24) is 0 Å². The molecule has 35 heavy (non-hydrogen) atoms. The number of fused-ring (bicyclic) bond motifs is 4. The number of anilines is 1. The number of esters is 1. The Bertz CT molecular complexity index is 1140. The van der Waals surface area contributed by atoms with E-state index in [2.05, 4.69) is 36.1 Å². The van der Waals surface area contributed by atoms with Gasteiger partial charge >= 0.3 is 5.97 Å². The molecule has 5 rings (SSSR count). The average molecular weight is 476 g/mol. The number of hydrogen-bond acceptors (Lipinski definition) is 5. The van der Waals surface area contributed by atoms with Crippen LogP contribution in [-0.4, -0.2) is 37.2 Å². The largest absolute Gasteiger partial charge is 0.451 e. The molecule has 0 aliphatic heterocycles. The van der Waals surface area contributed by atoms with Crippen LogP contribution in [0.5, 0.6) is 0 Å². The fourth-order valence-corrected chi connectivity index (χ4v) is 8.02. The quantitative estimate of drug-likeness (QED) is 0.535. The van der Waals surface area contributed by atoms with Gasteiger partial charge in [0.15, 0.2) is 17.2 Å². The summed E-state index contributed by atoms with van der Waals surface area (Å²) in [5, 5.41) is 0. The topological polar surface area (TPSA) is 63.7 Å². The van der Waals surface area contributed by atoms with Crippen molar-refractivity contribution in [2.24, 2.45) is 17.3 Å². The minimum absolute atomic E-state index is 0.0323. The summed E-state index contributed by atoms with van der Waals surface area (Å²) < 4.78 is 6.00. The van der Waals surface area contributed by atoms with Crippen LogP contribution >= 0.6 is 0 Å². The van der Waals surface area contributed by atoms with Crippen LogP contribution in [-0.2, 0) is 19.1 Å². The second kappa shape index (κ2) is 8.46. The number of carbonyl (C=O) groups excluding carboxylic acids is 3.